The summed E-state index contributed by atoms with van der Waals surface area (Å²) in [6.45, 7) is 2.13. The zero-order chi connectivity index (χ0) is 14.4. The summed E-state index contributed by atoms with van der Waals surface area (Å²) < 4.78 is 0. The minimum absolute atomic E-state index is 0.602. The van der Waals surface area contributed by atoms with Gasteiger partial charge >= 0.3 is 0 Å². The molecule has 1 aromatic carbocycles. The van der Waals surface area contributed by atoms with Crippen molar-refractivity contribution in [3.05, 3.63) is 36.0 Å². The van der Waals surface area contributed by atoms with Crippen LogP contribution in [0, 0.1) is 6.92 Å². The van der Waals surface area contributed by atoms with Crippen molar-refractivity contribution in [3.8, 4) is 0 Å². The van der Waals surface area contributed by atoms with E-state index < -0.39 is 0 Å². The highest BCUT2D eigenvalue weighted by atomic mass is 15.2. The lowest BCUT2D eigenvalue weighted by atomic mass is 9.97. The Bertz CT molecular complexity index is 653. The van der Waals surface area contributed by atoms with Crippen LogP contribution in [0.15, 0.2) is 30.5 Å². The van der Waals surface area contributed by atoms with Crippen LogP contribution < -0.4 is 5.32 Å². The second kappa shape index (κ2) is 4.99. The average Bonchev–Trinajstić information content (AvgIpc) is 2.73. The summed E-state index contributed by atoms with van der Waals surface area (Å²) in [6.07, 6.45) is 7.16. The summed E-state index contributed by atoms with van der Waals surface area (Å²) in [6, 6.07) is 10.8. The first kappa shape index (κ1) is 13.1. The van der Waals surface area contributed by atoms with Crippen molar-refractivity contribution in [2.45, 2.75) is 50.7 Å². The Hall–Kier alpha value is -1.61. The first-order valence-electron chi connectivity index (χ1n) is 8.05. The smallest absolute Gasteiger partial charge is 0.0751 e. The van der Waals surface area contributed by atoms with E-state index in [9.17, 15) is 0 Å². The molecule has 3 heteroatoms. The van der Waals surface area contributed by atoms with E-state index in [-0.39, 0.29) is 0 Å². The lowest BCUT2D eigenvalue weighted by molar-refractivity contribution is 0.169. The molecular formula is C18H23N3. The number of pyridine rings is 1. The molecule has 3 nitrogen and oxygen atoms in total. The normalized spacial score (nSPS) is 29.0. The van der Waals surface area contributed by atoms with Gasteiger partial charge in [0.15, 0.2) is 0 Å². The SMILES string of the molecule is Cc1ccc(NC2CC3CCC(C2)N3C)c2cccnc12. The molecule has 2 unspecified atom stereocenters. The van der Waals surface area contributed by atoms with Crippen molar-refractivity contribution in [3.63, 3.8) is 0 Å². The summed E-state index contributed by atoms with van der Waals surface area (Å²) in [5, 5.41) is 5.06. The minimum Gasteiger partial charge on any atom is -0.382 e. The summed E-state index contributed by atoms with van der Waals surface area (Å²) in [7, 11) is 2.30. The summed E-state index contributed by atoms with van der Waals surface area (Å²) in [5.41, 5.74) is 3.62. The van der Waals surface area contributed by atoms with E-state index in [4.69, 9.17) is 0 Å². The molecule has 21 heavy (non-hydrogen) atoms. The van der Waals surface area contributed by atoms with Crippen molar-refractivity contribution >= 4 is 16.6 Å². The molecule has 2 aromatic rings. The van der Waals surface area contributed by atoms with Crippen LogP contribution in [0.2, 0.25) is 0 Å². The molecule has 1 N–H and O–H groups in total. The van der Waals surface area contributed by atoms with Gasteiger partial charge in [-0.3, -0.25) is 4.98 Å². The largest absolute Gasteiger partial charge is 0.382 e. The van der Waals surface area contributed by atoms with E-state index in [1.165, 1.54) is 42.3 Å². The van der Waals surface area contributed by atoms with Gasteiger partial charge in [0.05, 0.1) is 5.52 Å². The lowest BCUT2D eigenvalue weighted by Gasteiger charge is -2.37. The van der Waals surface area contributed by atoms with Gasteiger partial charge in [0.1, 0.15) is 0 Å². The second-order valence-electron chi connectivity index (χ2n) is 6.69. The average molecular weight is 281 g/mol. The molecular weight excluding hydrogens is 258 g/mol. The molecule has 0 saturated carbocycles. The van der Waals surface area contributed by atoms with Crippen LogP contribution in [-0.2, 0) is 0 Å². The van der Waals surface area contributed by atoms with Crippen LogP contribution in [0.25, 0.3) is 10.9 Å². The number of anilines is 1. The Morgan fingerprint density at radius 2 is 1.90 bits per heavy atom. The number of rotatable bonds is 2. The van der Waals surface area contributed by atoms with E-state index in [1.807, 2.05) is 12.3 Å². The van der Waals surface area contributed by atoms with E-state index in [2.05, 4.69) is 47.4 Å². The maximum absolute atomic E-state index is 4.54. The fourth-order valence-corrected chi connectivity index (χ4v) is 4.19. The Morgan fingerprint density at radius 3 is 2.67 bits per heavy atom. The molecule has 3 heterocycles. The molecule has 1 aromatic heterocycles. The highest BCUT2D eigenvalue weighted by Gasteiger charge is 2.38. The van der Waals surface area contributed by atoms with Crippen molar-refractivity contribution in [2.75, 3.05) is 12.4 Å². The fourth-order valence-electron chi connectivity index (χ4n) is 4.19. The Labute approximate surface area is 126 Å². The highest BCUT2D eigenvalue weighted by Crippen LogP contribution is 2.36. The van der Waals surface area contributed by atoms with Gasteiger partial charge in [0, 0.05) is 35.4 Å². The van der Waals surface area contributed by atoms with Gasteiger partial charge in [-0.15, -0.1) is 0 Å². The summed E-state index contributed by atoms with van der Waals surface area (Å²) >= 11 is 0. The second-order valence-corrected chi connectivity index (χ2v) is 6.69. The number of fused-ring (bicyclic) bond motifs is 3. The maximum Gasteiger partial charge on any atom is 0.0751 e. The zero-order valence-electron chi connectivity index (χ0n) is 12.8. The molecule has 0 spiro atoms. The third-order valence-electron chi connectivity index (χ3n) is 5.43. The minimum atomic E-state index is 0.602. The van der Waals surface area contributed by atoms with Crippen molar-refractivity contribution in [1.29, 1.82) is 0 Å². The molecule has 0 aliphatic carbocycles. The number of nitrogens with zero attached hydrogens (tertiary/aromatic N) is 2. The molecule has 2 fully saturated rings. The van der Waals surface area contributed by atoms with Gasteiger partial charge in [0.25, 0.3) is 0 Å². The number of hydrogen-bond donors (Lipinski definition) is 1. The molecule has 4 rings (SSSR count). The van der Waals surface area contributed by atoms with Gasteiger partial charge in [-0.1, -0.05) is 6.07 Å². The van der Waals surface area contributed by atoms with Crippen LogP contribution in [0.4, 0.5) is 5.69 Å². The molecule has 2 aliphatic rings. The number of piperidine rings is 1. The fraction of sp³-hybridized carbons (Fsp3) is 0.500. The van der Waals surface area contributed by atoms with Gasteiger partial charge in [-0.25, -0.2) is 0 Å². The molecule has 2 aliphatic heterocycles. The van der Waals surface area contributed by atoms with Crippen LogP contribution in [-0.4, -0.2) is 35.1 Å². The summed E-state index contributed by atoms with van der Waals surface area (Å²) in [4.78, 5) is 7.13. The number of hydrogen-bond acceptors (Lipinski definition) is 3. The van der Waals surface area contributed by atoms with E-state index >= 15 is 0 Å². The van der Waals surface area contributed by atoms with Gasteiger partial charge in [0.2, 0.25) is 0 Å². The molecule has 0 radical (unpaired) electrons. The number of nitrogens with one attached hydrogen (secondary N) is 1. The number of benzene rings is 1. The predicted octanol–water partition coefficient (Wildman–Crippen LogP) is 3.58. The number of aromatic nitrogens is 1. The first-order chi connectivity index (χ1) is 10.2. The third kappa shape index (κ3) is 2.20. The van der Waals surface area contributed by atoms with Crippen molar-refractivity contribution < 1.29 is 0 Å². The monoisotopic (exact) mass is 281 g/mol. The standard InChI is InChI=1S/C18H23N3/c1-12-5-8-17(16-4-3-9-19-18(12)16)20-13-10-14-6-7-15(11-13)21(14)2/h3-5,8-9,13-15,20H,6-7,10-11H2,1-2H3. The number of aryl methyl sites for hydroxylation is 1. The maximum atomic E-state index is 4.54. The molecule has 2 saturated heterocycles. The van der Waals surface area contributed by atoms with Crippen LogP contribution in [0.1, 0.15) is 31.2 Å². The Balaban J connectivity index is 1.62. The first-order valence-corrected chi connectivity index (χ1v) is 8.05. The topological polar surface area (TPSA) is 28.2 Å². The van der Waals surface area contributed by atoms with Crippen LogP contribution >= 0.6 is 0 Å². The van der Waals surface area contributed by atoms with Crippen molar-refractivity contribution in [1.82, 2.24) is 9.88 Å². The Kier molecular flexibility index (Phi) is 3.11. The quantitative estimate of drug-likeness (QED) is 0.912. The molecule has 2 bridgehead atoms. The molecule has 2 atom stereocenters. The van der Waals surface area contributed by atoms with E-state index in [1.54, 1.807) is 0 Å². The van der Waals surface area contributed by atoms with Crippen LogP contribution in [0.5, 0.6) is 0 Å². The van der Waals surface area contributed by atoms with E-state index in [0.29, 0.717) is 6.04 Å². The highest BCUT2D eigenvalue weighted by molar-refractivity contribution is 5.93. The Morgan fingerprint density at radius 1 is 1.14 bits per heavy atom. The molecule has 0 amide bonds. The third-order valence-corrected chi connectivity index (χ3v) is 5.43. The van der Waals surface area contributed by atoms with Gasteiger partial charge in [-0.2, -0.15) is 0 Å². The molecule has 110 valence electrons. The summed E-state index contributed by atoms with van der Waals surface area (Å²) in [5.74, 6) is 0. The van der Waals surface area contributed by atoms with E-state index in [0.717, 1.165) is 17.6 Å². The van der Waals surface area contributed by atoms with Crippen molar-refractivity contribution in [2.24, 2.45) is 0 Å². The predicted molar refractivity (Wildman–Crippen MR) is 87.7 cm³/mol. The van der Waals surface area contributed by atoms with Gasteiger partial charge in [-0.05, 0) is 63.4 Å². The van der Waals surface area contributed by atoms with Gasteiger partial charge < -0.3 is 10.2 Å². The zero-order valence-corrected chi connectivity index (χ0v) is 12.8. The lowest BCUT2D eigenvalue weighted by Crippen LogP contribution is -2.44. The van der Waals surface area contributed by atoms with Crippen LogP contribution in [0.3, 0.4) is 0 Å².